The zero-order chi connectivity index (χ0) is 18.7. The Balaban J connectivity index is 1.87. The number of nitrogens with one attached hydrogen (secondary N) is 1. The average Bonchev–Trinajstić information content (AvgIpc) is 3.08. The molecule has 4 heteroatoms. The van der Waals surface area contributed by atoms with Crippen molar-refractivity contribution >= 4 is 5.91 Å². The van der Waals surface area contributed by atoms with Crippen LogP contribution in [0.5, 0.6) is 0 Å². The van der Waals surface area contributed by atoms with Crippen LogP contribution in [-0.2, 0) is 0 Å². The van der Waals surface area contributed by atoms with Crippen LogP contribution < -0.4 is 5.32 Å². The van der Waals surface area contributed by atoms with Crippen LogP contribution >= 0.6 is 0 Å². The summed E-state index contributed by atoms with van der Waals surface area (Å²) in [7, 11) is 0. The molecular weight excluding hydrogens is 322 g/mol. The molecule has 1 aromatic heterocycles. The Morgan fingerprint density at radius 3 is 2.35 bits per heavy atom. The highest BCUT2D eigenvalue weighted by Gasteiger charge is 2.12. The summed E-state index contributed by atoms with van der Waals surface area (Å²) in [6.45, 7) is 10.3. The SMILES string of the molecule is C=C(C)CNC(=O)c1cncn1-c1ccc(-c2cc(C)cc(C)c2)cc1. The third-order valence-corrected chi connectivity index (χ3v) is 4.12. The Kier molecular flexibility index (Phi) is 5.03. The number of aromatic nitrogens is 2. The number of hydrogen-bond acceptors (Lipinski definition) is 2. The minimum absolute atomic E-state index is 0.163. The largest absolute Gasteiger partial charge is 0.347 e. The lowest BCUT2D eigenvalue weighted by atomic mass is 10.0. The van der Waals surface area contributed by atoms with Gasteiger partial charge < -0.3 is 5.32 Å². The maximum absolute atomic E-state index is 12.4. The minimum Gasteiger partial charge on any atom is -0.347 e. The summed E-state index contributed by atoms with van der Waals surface area (Å²) in [5.74, 6) is -0.163. The van der Waals surface area contributed by atoms with Crippen molar-refractivity contribution in [2.24, 2.45) is 0 Å². The molecule has 3 rings (SSSR count). The van der Waals surface area contributed by atoms with Gasteiger partial charge in [-0.1, -0.05) is 53.6 Å². The molecule has 0 radical (unpaired) electrons. The molecule has 1 N–H and O–H groups in total. The van der Waals surface area contributed by atoms with Gasteiger partial charge in [-0.2, -0.15) is 0 Å². The van der Waals surface area contributed by atoms with Gasteiger partial charge in [0.05, 0.1) is 12.5 Å². The number of rotatable bonds is 5. The van der Waals surface area contributed by atoms with Gasteiger partial charge in [0.2, 0.25) is 0 Å². The van der Waals surface area contributed by atoms with Crippen molar-refractivity contribution in [2.75, 3.05) is 6.54 Å². The van der Waals surface area contributed by atoms with Gasteiger partial charge >= 0.3 is 0 Å². The lowest BCUT2D eigenvalue weighted by Crippen LogP contribution is -2.26. The molecule has 0 fully saturated rings. The summed E-state index contributed by atoms with van der Waals surface area (Å²) in [6.07, 6.45) is 3.23. The Morgan fingerprint density at radius 1 is 1.08 bits per heavy atom. The van der Waals surface area contributed by atoms with E-state index in [1.54, 1.807) is 17.1 Å². The second kappa shape index (κ2) is 7.40. The van der Waals surface area contributed by atoms with Gasteiger partial charge in [0.15, 0.2) is 0 Å². The van der Waals surface area contributed by atoms with E-state index in [4.69, 9.17) is 0 Å². The van der Waals surface area contributed by atoms with Crippen LogP contribution in [0, 0.1) is 13.8 Å². The molecule has 0 saturated heterocycles. The first-order chi connectivity index (χ1) is 12.4. The second-order valence-corrected chi connectivity index (χ2v) is 6.71. The molecule has 0 saturated carbocycles. The zero-order valence-electron chi connectivity index (χ0n) is 15.4. The third-order valence-electron chi connectivity index (χ3n) is 4.12. The van der Waals surface area contributed by atoms with Gasteiger partial charge in [-0.05, 0) is 44.0 Å². The van der Waals surface area contributed by atoms with Crippen LogP contribution in [-0.4, -0.2) is 22.0 Å². The molecule has 0 atom stereocenters. The molecule has 1 heterocycles. The van der Waals surface area contributed by atoms with E-state index in [-0.39, 0.29) is 5.91 Å². The summed E-state index contributed by atoms with van der Waals surface area (Å²) in [6, 6.07) is 14.7. The van der Waals surface area contributed by atoms with Crippen molar-refractivity contribution in [3.05, 3.63) is 84.0 Å². The maximum Gasteiger partial charge on any atom is 0.270 e. The van der Waals surface area contributed by atoms with Crippen LogP contribution in [0.1, 0.15) is 28.5 Å². The molecule has 4 nitrogen and oxygen atoms in total. The maximum atomic E-state index is 12.4. The van der Waals surface area contributed by atoms with E-state index in [0.29, 0.717) is 12.2 Å². The van der Waals surface area contributed by atoms with Gasteiger partial charge in [0, 0.05) is 12.2 Å². The number of carbonyl (C=O) groups excluding carboxylic acids is 1. The molecule has 0 unspecified atom stereocenters. The average molecular weight is 345 g/mol. The van der Waals surface area contributed by atoms with Crippen LogP contribution in [0.4, 0.5) is 0 Å². The number of imidazole rings is 1. The summed E-state index contributed by atoms with van der Waals surface area (Å²) in [4.78, 5) is 16.5. The zero-order valence-corrected chi connectivity index (χ0v) is 15.4. The highest BCUT2D eigenvalue weighted by molar-refractivity contribution is 5.93. The molecule has 3 aromatic rings. The normalized spacial score (nSPS) is 10.6. The molecule has 132 valence electrons. The number of aryl methyl sites for hydroxylation is 2. The van der Waals surface area contributed by atoms with Crippen LogP contribution in [0.2, 0.25) is 0 Å². The summed E-state index contributed by atoms with van der Waals surface area (Å²) in [5.41, 5.74) is 7.14. The first-order valence-corrected chi connectivity index (χ1v) is 8.58. The van der Waals surface area contributed by atoms with E-state index in [2.05, 4.69) is 61.1 Å². The Bertz CT molecular complexity index is 932. The monoisotopic (exact) mass is 345 g/mol. The standard InChI is InChI=1S/C22H23N3O/c1-15(2)12-24-22(26)21-13-23-14-25(21)20-7-5-18(6-8-20)19-10-16(3)9-17(4)11-19/h5-11,13-14H,1,12H2,2-4H3,(H,24,26). The fourth-order valence-electron chi connectivity index (χ4n) is 2.95. The molecule has 0 aliphatic carbocycles. The number of benzene rings is 2. The quantitative estimate of drug-likeness (QED) is 0.694. The fraction of sp³-hybridized carbons (Fsp3) is 0.182. The van der Waals surface area contributed by atoms with Crippen molar-refractivity contribution in [2.45, 2.75) is 20.8 Å². The number of carbonyl (C=O) groups is 1. The molecule has 26 heavy (non-hydrogen) atoms. The highest BCUT2D eigenvalue weighted by Crippen LogP contribution is 2.24. The number of amides is 1. The van der Waals surface area contributed by atoms with Crippen LogP contribution in [0.25, 0.3) is 16.8 Å². The Hall–Kier alpha value is -3.14. The van der Waals surface area contributed by atoms with Gasteiger partial charge in [-0.25, -0.2) is 4.98 Å². The molecule has 0 aliphatic rings. The smallest absolute Gasteiger partial charge is 0.270 e. The van der Waals surface area contributed by atoms with Crippen LogP contribution in [0.3, 0.4) is 0 Å². The summed E-state index contributed by atoms with van der Waals surface area (Å²) in [5, 5.41) is 2.85. The number of nitrogens with zero attached hydrogens (tertiary/aromatic N) is 2. The van der Waals surface area contributed by atoms with Crippen molar-refractivity contribution < 1.29 is 4.79 Å². The molecule has 0 bridgehead atoms. The Morgan fingerprint density at radius 2 is 1.73 bits per heavy atom. The predicted octanol–water partition coefficient (Wildman–Crippen LogP) is 4.46. The van der Waals surface area contributed by atoms with Crippen molar-refractivity contribution in [3.8, 4) is 16.8 Å². The first kappa shape index (κ1) is 17.7. The van der Waals surface area contributed by atoms with Crippen LogP contribution in [0.15, 0.2) is 67.1 Å². The van der Waals surface area contributed by atoms with E-state index in [1.807, 2.05) is 19.1 Å². The second-order valence-electron chi connectivity index (χ2n) is 6.71. The molecule has 2 aromatic carbocycles. The highest BCUT2D eigenvalue weighted by atomic mass is 16.1. The number of hydrogen-bond donors (Lipinski definition) is 1. The molecule has 0 spiro atoms. The predicted molar refractivity (Wildman–Crippen MR) is 106 cm³/mol. The van der Waals surface area contributed by atoms with Gasteiger partial charge in [-0.3, -0.25) is 9.36 Å². The summed E-state index contributed by atoms with van der Waals surface area (Å²) >= 11 is 0. The summed E-state index contributed by atoms with van der Waals surface area (Å²) < 4.78 is 1.79. The van der Waals surface area contributed by atoms with Gasteiger partial charge in [0.25, 0.3) is 5.91 Å². The van der Waals surface area contributed by atoms with Gasteiger partial charge in [0.1, 0.15) is 5.69 Å². The van der Waals surface area contributed by atoms with E-state index >= 15 is 0 Å². The fourth-order valence-corrected chi connectivity index (χ4v) is 2.95. The lowest BCUT2D eigenvalue weighted by molar-refractivity contribution is 0.0950. The van der Waals surface area contributed by atoms with E-state index in [0.717, 1.165) is 16.8 Å². The third kappa shape index (κ3) is 3.91. The minimum atomic E-state index is -0.163. The molecular formula is C22H23N3O. The molecule has 1 amide bonds. The van der Waals surface area contributed by atoms with E-state index in [9.17, 15) is 4.79 Å². The van der Waals surface area contributed by atoms with E-state index < -0.39 is 0 Å². The first-order valence-electron chi connectivity index (χ1n) is 8.58. The van der Waals surface area contributed by atoms with Gasteiger partial charge in [-0.15, -0.1) is 0 Å². The van der Waals surface area contributed by atoms with Crippen molar-refractivity contribution in [3.63, 3.8) is 0 Å². The van der Waals surface area contributed by atoms with E-state index in [1.165, 1.54) is 16.7 Å². The Labute approximate surface area is 154 Å². The van der Waals surface area contributed by atoms with Crippen molar-refractivity contribution in [1.82, 2.24) is 14.9 Å². The van der Waals surface area contributed by atoms with Crippen molar-refractivity contribution in [1.29, 1.82) is 0 Å². The topological polar surface area (TPSA) is 46.9 Å². The lowest BCUT2D eigenvalue weighted by Gasteiger charge is -2.10. The molecule has 0 aliphatic heterocycles.